The molecule has 0 aliphatic heterocycles. The number of amides is 1. The lowest BCUT2D eigenvalue weighted by molar-refractivity contribution is 0.0526. The van der Waals surface area contributed by atoms with Crippen molar-refractivity contribution in [2.45, 2.75) is 39.2 Å². The molecule has 0 spiro atoms. The van der Waals surface area contributed by atoms with Gasteiger partial charge in [0.1, 0.15) is 11.6 Å². The predicted octanol–water partition coefficient (Wildman–Crippen LogP) is 8.16. The van der Waals surface area contributed by atoms with Gasteiger partial charge >= 0.3 is 5.97 Å². The summed E-state index contributed by atoms with van der Waals surface area (Å²) < 4.78 is 17.5. The van der Waals surface area contributed by atoms with E-state index < -0.39 is 0 Å². The summed E-state index contributed by atoms with van der Waals surface area (Å²) in [6.45, 7) is 2.39. The van der Waals surface area contributed by atoms with Crippen LogP contribution >= 0.6 is 27.3 Å². The Hall–Kier alpha value is -3.95. The van der Waals surface area contributed by atoms with E-state index in [0.29, 0.717) is 38.7 Å². The van der Waals surface area contributed by atoms with E-state index in [-0.39, 0.29) is 18.5 Å². The second-order valence-electron chi connectivity index (χ2n) is 9.71. The van der Waals surface area contributed by atoms with Gasteiger partial charge in [0.25, 0.3) is 5.91 Å². The number of rotatable bonds is 10. The van der Waals surface area contributed by atoms with Gasteiger partial charge in [-0.2, -0.15) is 0 Å². The van der Waals surface area contributed by atoms with Crippen LogP contribution in [-0.2, 0) is 24.2 Å². The number of para-hydroxylation sites is 1. The van der Waals surface area contributed by atoms with Crippen molar-refractivity contribution in [3.63, 3.8) is 0 Å². The zero-order chi connectivity index (χ0) is 29.5. The number of methoxy groups -OCH3 is 1. The fraction of sp³-hybridized carbons (Fsp3) is 0.242. The van der Waals surface area contributed by atoms with Crippen molar-refractivity contribution in [1.82, 2.24) is 0 Å². The number of thiophene rings is 1. The molecule has 0 unspecified atom stereocenters. The summed E-state index contributed by atoms with van der Waals surface area (Å²) in [5.74, 6) is 0.615. The molecule has 0 saturated heterocycles. The van der Waals surface area contributed by atoms with E-state index in [9.17, 15) is 9.59 Å². The number of nitrogens with zero attached hydrogens (tertiary/aromatic N) is 1. The Labute approximate surface area is 257 Å². The van der Waals surface area contributed by atoms with Gasteiger partial charge in [-0.25, -0.2) is 9.79 Å². The molecule has 216 valence electrons. The van der Waals surface area contributed by atoms with Gasteiger partial charge in [-0.1, -0.05) is 30.3 Å². The summed E-state index contributed by atoms with van der Waals surface area (Å²) in [4.78, 5) is 31.4. The summed E-state index contributed by atoms with van der Waals surface area (Å²) >= 11 is 5.21. The third-order valence-electron chi connectivity index (χ3n) is 6.84. The van der Waals surface area contributed by atoms with Crippen LogP contribution in [0.1, 0.15) is 62.0 Å². The maximum atomic E-state index is 13.4. The number of hydrogen-bond donors (Lipinski definition) is 1. The minimum atomic E-state index is -0.349. The molecule has 1 N–H and O–H groups in total. The molecular weight excluding hydrogens is 616 g/mol. The van der Waals surface area contributed by atoms with Crippen LogP contribution in [-0.4, -0.2) is 31.8 Å². The third kappa shape index (κ3) is 6.91. The monoisotopic (exact) mass is 646 g/mol. The average Bonchev–Trinajstić information content (AvgIpc) is 3.38. The Morgan fingerprint density at radius 1 is 1.05 bits per heavy atom. The molecule has 0 bridgehead atoms. The molecule has 0 fully saturated rings. The molecule has 1 aliphatic rings. The van der Waals surface area contributed by atoms with Crippen LogP contribution in [0.25, 0.3) is 0 Å². The van der Waals surface area contributed by atoms with Gasteiger partial charge in [0.2, 0.25) is 0 Å². The zero-order valence-corrected chi connectivity index (χ0v) is 25.8. The molecule has 1 amide bonds. The number of aryl methyl sites for hydroxylation is 1. The fourth-order valence-electron chi connectivity index (χ4n) is 4.79. The number of ether oxygens (including phenoxy) is 3. The van der Waals surface area contributed by atoms with E-state index in [2.05, 4.69) is 21.2 Å². The number of benzene rings is 3. The molecule has 1 aromatic heterocycles. The minimum absolute atomic E-state index is 0.134. The van der Waals surface area contributed by atoms with Crippen LogP contribution in [0.3, 0.4) is 0 Å². The lowest BCUT2D eigenvalue weighted by Crippen LogP contribution is -2.14. The maximum absolute atomic E-state index is 13.4. The van der Waals surface area contributed by atoms with Crippen LogP contribution in [0.2, 0.25) is 0 Å². The Morgan fingerprint density at radius 2 is 1.81 bits per heavy atom. The van der Waals surface area contributed by atoms with E-state index in [0.717, 1.165) is 48.1 Å². The van der Waals surface area contributed by atoms with Gasteiger partial charge in [-0.3, -0.25) is 4.79 Å². The van der Waals surface area contributed by atoms with Crippen molar-refractivity contribution < 1.29 is 23.8 Å². The van der Waals surface area contributed by atoms with Crippen molar-refractivity contribution in [2.24, 2.45) is 4.99 Å². The van der Waals surface area contributed by atoms with Crippen molar-refractivity contribution in [3.8, 4) is 11.5 Å². The molecule has 5 rings (SSSR count). The van der Waals surface area contributed by atoms with Gasteiger partial charge in [0.05, 0.1) is 29.3 Å². The van der Waals surface area contributed by atoms with Gasteiger partial charge in [-0.15, -0.1) is 11.3 Å². The first-order valence-electron chi connectivity index (χ1n) is 13.8. The summed E-state index contributed by atoms with van der Waals surface area (Å²) in [6.07, 6.45) is 5.80. The average molecular weight is 648 g/mol. The molecule has 1 aliphatic carbocycles. The number of aliphatic imine (C=N–C) groups is 1. The lowest BCUT2D eigenvalue weighted by Gasteiger charge is -2.14. The number of carbonyl (C=O) groups excluding carboxylic acids is 2. The number of anilines is 1. The molecule has 9 heteroatoms. The third-order valence-corrected chi connectivity index (χ3v) is 8.63. The standard InChI is InChI=1S/C33H31BrN2O5S/c1-3-40-33(38)23-15-13-21(14-16-23)20-41-30-26(34)17-22(18-27(30)39-2)19-35-32-29(25-11-7-8-12-28(25)42-32)31(37)36-24-9-5-4-6-10-24/h4-6,9-10,13-19H,3,7-8,11-12,20H2,1-2H3,(H,36,37). The summed E-state index contributed by atoms with van der Waals surface area (Å²) in [5, 5.41) is 3.74. The van der Waals surface area contributed by atoms with Crippen molar-refractivity contribution in [3.05, 3.63) is 104 Å². The topological polar surface area (TPSA) is 86.2 Å². The number of carbonyl (C=O) groups is 2. The Kier molecular flexibility index (Phi) is 9.71. The van der Waals surface area contributed by atoms with Crippen LogP contribution in [0.5, 0.6) is 11.5 Å². The minimum Gasteiger partial charge on any atom is -0.493 e. The van der Waals surface area contributed by atoms with Gasteiger partial charge in [-0.05, 0) is 102 Å². The van der Waals surface area contributed by atoms with Gasteiger partial charge in [0, 0.05) is 16.8 Å². The van der Waals surface area contributed by atoms with E-state index >= 15 is 0 Å². The van der Waals surface area contributed by atoms with E-state index in [1.165, 1.54) is 4.88 Å². The second kappa shape index (κ2) is 13.8. The first kappa shape index (κ1) is 29.5. The molecule has 7 nitrogen and oxygen atoms in total. The normalized spacial score (nSPS) is 12.5. The molecule has 3 aromatic carbocycles. The summed E-state index contributed by atoms with van der Waals surface area (Å²) in [6, 6.07) is 20.4. The largest absolute Gasteiger partial charge is 0.493 e. The molecule has 0 saturated carbocycles. The maximum Gasteiger partial charge on any atom is 0.338 e. The molecule has 4 aromatic rings. The highest BCUT2D eigenvalue weighted by atomic mass is 79.9. The van der Waals surface area contributed by atoms with Crippen molar-refractivity contribution in [1.29, 1.82) is 0 Å². The Balaban J connectivity index is 1.35. The number of fused-ring (bicyclic) bond motifs is 1. The smallest absolute Gasteiger partial charge is 0.338 e. The predicted molar refractivity (Wildman–Crippen MR) is 170 cm³/mol. The van der Waals surface area contributed by atoms with Gasteiger partial charge in [0.15, 0.2) is 11.5 Å². The first-order valence-corrected chi connectivity index (χ1v) is 15.4. The second-order valence-corrected chi connectivity index (χ2v) is 11.6. The van der Waals surface area contributed by atoms with Crippen LogP contribution in [0.15, 0.2) is 76.2 Å². The van der Waals surface area contributed by atoms with Crippen molar-refractivity contribution in [2.75, 3.05) is 19.0 Å². The lowest BCUT2D eigenvalue weighted by atomic mass is 9.95. The highest BCUT2D eigenvalue weighted by molar-refractivity contribution is 9.10. The number of halogens is 1. The van der Waals surface area contributed by atoms with Crippen LogP contribution in [0, 0.1) is 0 Å². The van der Waals surface area contributed by atoms with E-state index in [1.807, 2.05) is 54.6 Å². The molecule has 42 heavy (non-hydrogen) atoms. The van der Waals surface area contributed by atoms with E-state index in [1.54, 1.807) is 43.7 Å². The SMILES string of the molecule is CCOC(=O)c1ccc(COc2c(Br)cc(C=Nc3sc4c(c3C(=O)Nc3ccccc3)CCCC4)cc2OC)cc1. The van der Waals surface area contributed by atoms with Crippen molar-refractivity contribution >= 4 is 56.0 Å². The molecule has 0 radical (unpaired) electrons. The Morgan fingerprint density at radius 3 is 2.55 bits per heavy atom. The van der Waals surface area contributed by atoms with Crippen LogP contribution in [0.4, 0.5) is 10.7 Å². The van der Waals surface area contributed by atoms with Crippen LogP contribution < -0.4 is 14.8 Å². The number of esters is 1. The highest BCUT2D eigenvalue weighted by Crippen LogP contribution is 2.41. The molecule has 1 heterocycles. The van der Waals surface area contributed by atoms with Gasteiger partial charge < -0.3 is 19.5 Å². The summed E-state index contributed by atoms with van der Waals surface area (Å²) in [5.41, 5.74) is 4.72. The Bertz CT molecular complexity index is 1600. The molecular formula is C33H31BrN2O5S. The summed E-state index contributed by atoms with van der Waals surface area (Å²) in [7, 11) is 1.59. The molecule has 0 atom stereocenters. The highest BCUT2D eigenvalue weighted by Gasteiger charge is 2.25. The first-order chi connectivity index (χ1) is 20.5. The number of nitrogens with one attached hydrogen (secondary N) is 1. The quantitative estimate of drug-likeness (QED) is 0.139. The number of hydrogen-bond acceptors (Lipinski definition) is 7. The van der Waals surface area contributed by atoms with E-state index in [4.69, 9.17) is 19.2 Å². The fourth-order valence-corrected chi connectivity index (χ4v) is 6.59. The zero-order valence-electron chi connectivity index (χ0n) is 23.4.